The Bertz CT molecular complexity index is 922. The molecule has 0 spiro atoms. The maximum Gasteiger partial charge on any atom is 0.253 e. The predicted molar refractivity (Wildman–Crippen MR) is 91.1 cm³/mol. The number of likely N-dealkylation sites (tertiary alicyclic amines) is 1. The third-order valence-corrected chi connectivity index (χ3v) is 4.29. The van der Waals surface area contributed by atoms with Crippen LogP contribution in [0.2, 0.25) is 0 Å². The number of halogens is 1. The van der Waals surface area contributed by atoms with Gasteiger partial charge in [-0.2, -0.15) is 0 Å². The lowest BCUT2D eigenvalue weighted by Gasteiger charge is -2.15. The average molecular weight is 337 g/mol. The van der Waals surface area contributed by atoms with Crippen LogP contribution in [0.3, 0.4) is 0 Å². The Morgan fingerprint density at radius 2 is 1.80 bits per heavy atom. The second-order valence-corrected chi connectivity index (χ2v) is 5.94. The first kappa shape index (κ1) is 15.5. The van der Waals surface area contributed by atoms with Crippen LogP contribution in [0.15, 0.2) is 48.8 Å². The van der Waals surface area contributed by atoms with Crippen LogP contribution in [0.1, 0.15) is 23.2 Å². The van der Waals surface area contributed by atoms with Crippen molar-refractivity contribution in [2.45, 2.75) is 12.8 Å². The highest BCUT2D eigenvalue weighted by molar-refractivity contribution is 5.94. The molecule has 2 aromatic carbocycles. The summed E-state index contributed by atoms with van der Waals surface area (Å²) < 4.78 is 19.6. The van der Waals surface area contributed by atoms with E-state index in [9.17, 15) is 9.18 Å². The number of amides is 1. The maximum atomic E-state index is 13.8. The summed E-state index contributed by atoms with van der Waals surface area (Å²) >= 11 is 0. The zero-order chi connectivity index (χ0) is 17.2. The normalized spacial score (nSPS) is 14.0. The Hall–Kier alpha value is -3.02. The molecule has 1 aromatic heterocycles. The Morgan fingerprint density at radius 3 is 2.56 bits per heavy atom. The number of ether oxygens (including phenoxy) is 1. The molecule has 0 radical (unpaired) electrons. The van der Waals surface area contributed by atoms with Crippen LogP contribution < -0.4 is 4.74 Å². The summed E-state index contributed by atoms with van der Waals surface area (Å²) in [5.41, 5.74) is 0.848. The lowest BCUT2D eigenvalue weighted by atomic mass is 10.2. The fraction of sp³-hybridized carbons (Fsp3) is 0.211. The van der Waals surface area contributed by atoms with Crippen molar-refractivity contribution in [3.8, 4) is 11.6 Å². The highest BCUT2D eigenvalue weighted by Gasteiger charge is 2.19. The largest absolute Gasteiger partial charge is 0.438 e. The Kier molecular flexibility index (Phi) is 4.01. The lowest BCUT2D eigenvalue weighted by molar-refractivity contribution is 0.0793. The van der Waals surface area contributed by atoms with Crippen LogP contribution in [-0.4, -0.2) is 33.9 Å². The maximum absolute atomic E-state index is 13.8. The van der Waals surface area contributed by atoms with E-state index in [1.54, 1.807) is 36.4 Å². The Morgan fingerprint density at radius 1 is 1.04 bits per heavy atom. The predicted octanol–water partition coefficient (Wildman–Crippen LogP) is 3.80. The van der Waals surface area contributed by atoms with Crippen molar-refractivity contribution in [2.24, 2.45) is 0 Å². The van der Waals surface area contributed by atoms with Crippen LogP contribution in [-0.2, 0) is 0 Å². The zero-order valence-corrected chi connectivity index (χ0v) is 13.5. The van der Waals surface area contributed by atoms with Crippen LogP contribution in [0.5, 0.6) is 11.6 Å². The van der Waals surface area contributed by atoms with E-state index >= 15 is 0 Å². The van der Waals surface area contributed by atoms with Crippen LogP contribution in [0, 0.1) is 5.82 Å². The van der Waals surface area contributed by atoms with Gasteiger partial charge in [0.1, 0.15) is 23.4 Å². The number of nitrogens with zero attached hydrogens (tertiary/aromatic N) is 3. The number of benzene rings is 2. The number of carbonyl (C=O) groups is 1. The number of aromatic nitrogens is 2. The molecule has 0 atom stereocenters. The molecule has 1 aliphatic heterocycles. The molecule has 5 nitrogen and oxygen atoms in total. The van der Waals surface area contributed by atoms with Crippen molar-refractivity contribution in [3.63, 3.8) is 0 Å². The van der Waals surface area contributed by atoms with E-state index < -0.39 is 5.82 Å². The summed E-state index contributed by atoms with van der Waals surface area (Å²) in [6.45, 7) is 1.63. The van der Waals surface area contributed by atoms with Gasteiger partial charge in [-0.3, -0.25) is 4.79 Å². The molecule has 0 bridgehead atoms. The van der Waals surface area contributed by atoms with Crippen LogP contribution >= 0.6 is 0 Å². The van der Waals surface area contributed by atoms with E-state index in [2.05, 4.69) is 9.97 Å². The minimum absolute atomic E-state index is 0.0404. The number of carbonyl (C=O) groups excluding carboxylic acids is 1. The van der Waals surface area contributed by atoms with Gasteiger partial charge in [0.2, 0.25) is 5.88 Å². The fourth-order valence-electron chi connectivity index (χ4n) is 2.99. The van der Waals surface area contributed by atoms with Gasteiger partial charge in [0.25, 0.3) is 5.91 Å². The summed E-state index contributed by atoms with van der Waals surface area (Å²) in [4.78, 5) is 22.2. The van der Waals surface area contributed by atoms with Gasteiger partial charge in [-0.05, 0) is 49.2 Å². The second-order valence-electron chi connectivity index (χ2n) is 5.94. The van der Waals surface area contributed by atoms with Gasteiger partial charge in [-0.15, -0.1) is 0 Å². The molecule has 0 aliphatic carbocycles. The summed E-state index contributed by atoms with van der Waals surface area (Å²) in [6.07, 6.45) is 3.39. The first-order chi connectivity index (χ1) is 12.2. The van der Waals surface area contributed by atoms with E-state index in [1.807, 2.05) is 4.90 Å². The molecule has 0 unspecified atom stereocenters. The van der Waals surface area contributed by atoms with Gasteiger partial charge in [0, 0.05) is 18.7 Å². The molecule has 1 amide bonds. The number of rotatable bonds is 3. The van der Waals surface area contributed by atoms with Gasteiger partial charge in [0.15, 0.2) is 0 Å². The lowest BCUT2D eigenvalue weighted by Crippen LogP contribution is -2.27. The van der Waals surface area contributed by atoms with Crippen molar-refractivity contribution >= 4 is 16.8 Å². The molecular weight excluding hydrogens is 321 g/mol. The molecule has 2 heterocycles. The SMILES string of the molecule is O=C(c1ccc(Oc2ncnc3c(F)cccc23)cc1)N1CCCC1. The Labute approximate surface area is 144 Å². The molecule has 1 aliphatic rings. The molecule has 1 saturated heterocycles. The summed E-state index contributed by atoms with van der Waals surface area (Å²) in [6, 6.07) is 11.6. The van der Waals surface area contributed by atoms with Gasteiger partial charge >= 0.3 is 0 Å². The zero-order valence-electron chi connectivity index (χ0n) is 13.5. The van der Waals surface area contributed by atoms with Gasteiger partial charge < -0.3 is 9.64 Å². The van der Waals surface area contributed by atoms with Gasteiger partial charge in [-0.25, -0.2) is 14.4 Å². The van der Waals surface area contributed by atoms with Crippen LogP contribution in [0.25, 0.3) is 10.9 Å². The number of fused-ring (bicyclic) bond motifs is 1. The van der Waals surface area contributed by atoms with E-state index in [4.69, 9.17) is 4.74 Å². The van der Waals surface area contributed by atoms with E-state index in [0.29, 0.717) is 16.7 Å². The van der Waals surface area contributed by atoms with Crippen molar-refractivity contribution in [3.05, 3.63) is 60.2 Å². The van der Waals surface area contributed by atoms with E-state index in [-0.39, 0.29) is 17.3 Å². The summed E-state index contributed by atoms with van der Waals surface area (Å²) in [7, 11) is 0. The monoisotopic (exact) mass is 337 g/mol. The van der Waals surface area contributed by atoms with Gasteiger partial charge in [0.05, 0.1) is 5.39 Å². The second kappa shape index (κ2) is 6.47. The summed E-state index contributed by atoms with van der Waals surface area (Å²) in [5, 5.41) is 0.500. The van der Waals surface area contributed by atoms with Gasteiger partial charge in [-0.1, -0.05) is 6.07 Å². The standard InChI is InChI=1S/C19H16FN3O2/c20-16-5-3-4-15-17(16)21-12-22-18(15)25-14-8-6-13(7-9-14)19(24)23-10-1-2-11-23/h3-9,12H,1-2,10-11H2. The summed E-state index contributed by atoms with van der Waals surface area (Å²) in [5.74, 6) is 0.431. The third-order valence-electron chi connectivity index (χ3n) is 4.29. The molecule has 6 heteroatoms. The highest BCUT2D eigenvalue weighted by atomic mass is 19.1. The fourth-order valence-corrected chi connectivity index (χ4v) is 2.99. The molecule has 0 N–H and O–H groups in total. The molecule has 3 aromatic rings. The van der Waals surface area contributed by atoms with E-state index in [0.717, 1.165) is 25.9 Å². The van der Waals surface area contributed by atoms with Crippen molar-refractivity contribution in [2.75, 3.05) is 13.1 Å². The molecule has 25 heavy (non-hydrogen) atoms. The first-order valence-corrected chi connectivity index (χ1v) is 8.19. The van der Waals surface area contributed by atoms with Crippen molar-refractivity contribution < 1.29 is 13.9 Å². The first-order valence-electron chi connectivity index (χ1n) is 8.19. The minimum atomic E-state index is -0.420. The molecule has 126 valence electrons. The van der Waals surface area contributed by atoms with Crippen LogP contribution in [0.4, 0.5) is 4.39 Å². The number of hydrogen-bond donors (Lipinski definition) is 0. The number of hydrogen-bond acceptors (Lipinski definition) is 4. The molecule has 0 saturated carbocycles. The molecular formula is C19H16FN3O2. The smallest absolute Gasteiger partial charge is 0.253 e. The quantitative estimate of drug-likeness (QED) is 0.729. The van der Waals surface area contributed by atoms with E-state index in [1.165, 1.54) is 12.4 Å². The molecule has 4 rings (SSSR count). The number of para-hydroxylation sites is 1. The Balaban J connectivity index is 1.57. The third kappa shape index (κ3) is 3.03. The minimum Gasteiger partial charge on any atom is -0.438 e. The average Bonchev–Trinajstić information content (AvgIpc) is 3.17. The molecule has 1 fully saturated rings. The topological polar surface area (TPSA) is 55.3 Å². The highest BCUT2D eigenvalue weighted by Crippen LogP contribution is 2.28. The van der Waals surface area contributed by atoms with Crippen molar-refractivity contribution in [1.29, 1.82) is 0 Å². The van der Waals surface area contributed by atoms with Crippen molar-refractivity contribution in [1.82, 2.24) is 14.9 Å².